The maximum Gasteiger partial charge on any atom is 0.411 e. The van der Waals surface area contributed by atoms with Gasteiger partial charge in [-0.05, 0) is 31.2 Å². The van der Waals surface area contributed by atoms with E-state index in [0.29, 0.717) is 11.3 Å². The van der Waals surface area contributed by atoms with Gasteiger partial charge in [0.15, 0.2) is 5.78 Å². The van der Waals surface area contributed by atoms with E-state index < -0.39 is 6.09 Å². The van der Waals surface area contributed by atoms with Gasteiger partial charge in [0.25, 0.3) is 0 Å². The van der Waals surface area contributed by atoms with Crippen LogP contribution in [0.3, 0.4) is 0 Å². The zero-order valence-corrected chi connectivity index (χ0v) is 8.90. The number of hydrogen-bond donors (Lipinski definition) is 2. The zero-order chi connectivity index (χ0) is 12.0. The lowest BCUT2D eigenvalue weighted by atomic mass is 10.1. The largest absolute Gasteiger partial charge is 0.447 e. The Bertz CT molecular complexity index is 372. The second-order valence-corrected chi connectivity index (χ2v) is 3.12. The van der Waals surface area contributed by atoms with Gasteiger partial charge in [-0.3, -0.25) is 10.1 Å². The van der Waals surface area contributed by atoms with E-state index in [1.54, 1.807) is 24.3 Å². The molecule has 0 unspecified atom stereocenters. The van der Waals surface area contributed by atoms with Crippen LogP contribution >= 0.6 is 0 Å². The fourth-order valence-electron chi connectivity index (χ4n) is 1.08. The second-order valence-electron chi connectivity index (χ2n) is 3.12. The Morgan fingerprint density at radius 3 is 2.44 bits per heavy atom. The minimum absolute atomic E-state index is 0.0330. The normalized spacial score (nSPS) is 9.62. The van der Waals surface area contributed by atoms with Crippen LogP contribution in [0.15, 0.2) is 24.3 Å². The van der Waals surface area contributed by atoms with E-state index >= 15 is 0 Å². The van der Waals surface area contributed by atoms with Gasteiger partial charge in [-0.15, -0.1) is 0 Å². The summed E-state index contributed by atoms with van der Waals surface area (Å²) in [6, 6.07) is 6.45. The molecule has 16 heavy (non-hydrogen) atoms. The number of aliphatic hydroxyl groups excluding tert-OH is 1. The molecule has 2 N–H and O–H groups in total. The van der Waals surface area contributed by atoms with Crippen LogP contribution in [-0.4, -0.2) is 30.2 Å². The Labute approximate surface area is 93.0 Å². The van der Waals surface area contributed by atoms with Crippen molar-refractivity contribution in [2.24, 2.45) is 0 Å². The van der Waals surface area contributed by atoms with Gasteiger partial charge < -0.3 is 9.84 Å². The molecule has 1 rings (SSSR count). The first-order valence-corrected chi connectivity index (χ1v) is 4.79. The fourth-order valence-corrected chi connectivity index (χ4v) is 1.08. The lowest BCUT2D eigenvalue weighted by Gasteiger charge is -2.05. The van der Waals surface area contributed by atoms with Crippen LogP contribution in [0, 0.1) is 0 Å². The summed E-state index contributed by atoms with van der Waals surface area (Å²) in [5.74, 6) is -0.0330. The number of rotatable bonds is 4. The van der Waals surface area contributed by atoms with E-state index in [1.165, 1.54) is 6.92 Å². The Balaban J connectivity index is 2.55. The molecule has 0 heterocycles. The number of Topliss-reactive ketones (excluding diaryl/α,β-unsaturated/α-hetero) is 1. The zero-order valence-electron chi connectivity index (χ0n) is 8.90. The average molecular weight is 223 g/mol. The van der Waals surface area contributed by atoms with Crippen molar-refractivity contribution in [2.75, 3.05) is 18.5 Å². The summed E-state index contributed by atoms with van der Waals surface area (Å²) in [6.07, 6.45) is -0.635. The van der Waals surface area contributed by atoms with E-state index in [-0.39, 0.29) is 19.0 Å². The van der Waals surface area contributed by atoms with Gasteiger partial charge in [-0.1, -0.05) is 0 Å². The van der Waals surface area contributed by atoms with Gasteiger partial charge >= 0.3 is 6.09 Å². The molecule has 1 amide bonds. The van der Waals surface area contributed by atoms with Gasteiger partial charge in [0.2, 0.25) is 0 Å². The van der Waals surface area contributed by atoms with Crippen LogP contribution in [0.5, 0.6) is 0 Å². The molecule has 86 valence electrons. The topological polar surface area (TPSA) is 75.6 Å². The maximum absolute atomic E-state index is 11.1. The summed E-state index contributed by atoms with van der Waals surface area (Å²) >= 11 is 0. The molecule has 0 radical (unpaired) electrons. The lowest BCUT2D eigenvalue weighted by Crippen LogP contribution is -2.15. The molecule has 1 aromatic carbocycles. The van der Waals surface area contributed by atoms with Crippen molar-refractivity contribution in [3.8, 4) is 0 Å². The van der Waals surface area contributed by atoms with Crippen molar-refractivity contribution in [1.82, 2.24) is 0 Å². The Kier molecular flexibility index (Phi) is 4.47. The molecule has 0 saturated carbocycles. The third-order valence-corrected chi connectivity index (χ3v) is 1.86. The highest BCUT2D eigenvalue weighted by molar-refractivity contribution is 5.94. The van der Waals surface area contributed by atoms with E-state index in [1.807, 2.05) is 0 Å². The maximum atomic E-state index is 11.1. The van der Waals surface area contributed by atoms with Crippen LogP contribution in [-0.2, 0) is 4.74 Å². The molecular formula is C11H13NO4. The number of carbonyl (C=O) groups is 2. The number of carbonyl (C=O) groups excluding carboxylic acids is 2. The highest BCUT2D eigenvalue weighted by Crippen LogP contribution is 2.10. The molecule has 0 fully saturated rings. The van der Waals surface area contributed by atoms with Crippen molar-refractivity contribution in [2.45, 2.75) is 6.92 Å². The molecule has 0 aliphatic rings. The van der Waals surface area contributed by atoms with Gasteiger partial charge in [0, 0.05) is 11.3 Å². The quantitative estimate of drug-likeness (QED) is 0.757. The Morgan fingerprint density at radius 2 is 1.94 bits per heavy atom. The smallest absolute Gasteiger partial charge is 0.411 e. The first kappa shape index (κ1) is 12.2. The molecule has 0 aliphatic heterocycles. The molecule has 0 spiro atoms. The standard InChI is InChI=1S/C11H13NO4/c1-8(14)9-2-4-10(5-3-9)12-11(15)16-7-6-13/h2-5,13H,6-7H2,1H3,(H,12,15). The number of ketones is 1. The monoisotopic (exact) mass is 223 g/mol. The molecule has 5 heteroatoms. The fraction of sp³-hybridized carbons (Fsp3) is 0.273. The second kappa shape index (κ2) is 5.87. The predicted octanol–water partition coefficient (Wildman–Crippen LogP) is 1.43. The molecule has 0 bridgehead atoms. The summed E-state index contributed by atoms with van der Waals surface area (Å²) < 4.78 is 4.61. The molecule has 0 aromatic heterocycles. The van der Waals surface area contributed by atoms with E-state index in [4.69, 9.17) is 5.11 Å². The third-order valence-electron chi connectivity index (χ3n) is 1.86. The minimum Gasteiger partial charge on any atom is -0.447 e. The number of ether oxygens (including phenoxy) is 1. The summed E-state index contributed by atoms with van der Waals surface area (Å²) in [4.78, 5) is 22.1. The van der Waals surface area contributed by atoms with Crippen LogP contribution < -0.4 is 5.32 Å². The Morgan fingerprint density at radius 1 is 1.31 bits per heavy atom. The summed E-state index contributed by atoms with van der Waals surface area (Å²) in [5.41, 5.74) is 1.11. The molecule has 0 saturated heterocycles. The average Bonchev–Trinajstić information content (AvgIpc) is 2.27. The molecular weight excluding hydrogens is 210 g/mol. The number of benzene rings is 1. The lowest BCUT2D eigenvalue weighted by molar-refractivity contribution is 0.101. The van der Waals surface area contributed by atoms with Crippen molar-refractivity contribution < 1.29 is 19.4 Å². The highest BCUT2D eigenvalue weighted by Gasteiger charge is 2.03. The van der Waals surface area contributed by atoms with Crippen molar-refractivity contribution in [3.63, 3.8) is 0 Å². The van der Waals surface area contributed by atoms with Crippen molar-refractivity contribution in [3.05, 3.63) is 29.8 Å². The van der Waals surface area contributed by atoms with Crippen LogP contribution in [0.1, 0.15) is 17.3 Å². The van der Waals surface area contributed by atoms with Gasteiger partial charge in [0.1, 0.15) is 6.61 Å². The molecule has 1 aromatic rings. The number of aliphatic hydroxyl groups is 1. The minimum atomic E-state index is -0.635. The van der Waals surface area contributed by atoms with Crippen LogP contribution in [0.2, 0.25) is 0 Å². The third kappa shape index (κ3) is 3.70. The summed E-state index contributed by atoms with van der Waals surface area (Å²) in [6.45, 7) is 1.21. The number of amides is 1. The summed E-state index contributed by atoms with van der Waals surface area (Å²) in [5, 5.41) is 10.9. The van der Waals surface area contributed by atoms with Crippen molar-refractivity contribution >= 4 is 17.6 Å². The van der Waals surface area contributed by atoms with E-state index in [9.17, 15) is 9.59 Å². The van der Waals surface area contributed by atoms with Crippen molar-refractivity contribution in [1.29, 1.82) is 0 Å². The Hall–Kier alpha value is -1.88. The van der Waals surface area contributed by atoms with Gasteiger partial charge in [0.05, 0.1) is 6.61 Å². The number of anilines is 1. The first-order valence-electron chi connectivity index (χ1n) is 4.79. The number of hydrogen-bond acceptors (Lipinski definition) is 4. The predicted molar refractivity (Wildman–Crippen MR) is 58.5 cm³/mol. The van der Waals surface area contributed by atoms with Crippen LogP contribution in [0.4, 0.5) is 10.5 Å². The van der Waals surface area contributed by atoms with E-state index in [0.717, 1.165) is 0 Å². The number of nitrogens with one attached hydrogen (secondary N) is 1. The van der Waals surface area contributed by atoms with Crippen LogP contribution in [0.25, 0.3) is 0 Å². The molecule has 0 aliphatic carbocycles. The summed E-state index contributed by atoms with van der Waals surface area (Å²) in [7, 11) is 0. The molecule has 5 nitrogen and oxygen atoms in total. The van der Waals surface area contributed by atoms with E-state index in [2.05, 4.69) is 10.1 Å². The SMILES string of the molecule is CC(=O)c1ccc(NC(=O)OCCO)cc1. The van der Waals surface area contributed by atoms with Gasteiger partial charge in [-0.2, -0.15) is 0 Å². The van der Waals surface area contributed by atoms with Gasteiger partial charge in [-0.25, -0.2) is 4.79 Å². The highest BCUT2D eigenvalue weighted by atomic mass is 16.6. The first-order chi connectivity index (χ1) is 7.63. The molecule has 0 atom stereocenters.